The Kier molecular flexibility index (Phi) is 7.24. The summed E-state index contributed by atoms with van der Waals surface area (Å²) in [5.41, 5.74) is 11.6. The van der Waals surface area contributed by atoms with Crippen molar-refractivity contribution in [2.75, 3.05) is 0 Å². The van der Waals surface area contributed by atoms with Crippen molar-refractivity contribution >= 4 is 63.8 Å². The molecular weight excluding hydrogens is 673 g/mol. The van der Waals surface area contributed by atoms with E-state index in [1.807, 2.05) is 17.4 Å². The molecule has 0 spiro atoms. The molecule has 0 amide bonds. The van der Waals surface area contributed by atoms with E-state index in [4.69, 9.17) is 4.42 Å². The average molecular weight is 707 g/mol. The Morgan fingerprint density at radius 3 is 1.54 bits per heavy atom. The van der Waals surface area contributed by atoms with E-state index in [0.29, 0.717) is 0 Å². The number of thiophene rings is 1. The molecule has 254 valence electrons. The van der Waals surface area contributed by atoms with Crippen LogP contribution in [0.3, 0.4) is 0 Å². The van der Waals surface area contributed by atoms with Crippen molar-refractivity contribution in [1.29, 1.82) is 0 Å². The van der Waals surface area contributed by atoms with Gasteiger partial charge in [0.15, 0.2) is 0 Å². The molecule has 2 aromatic heterocycles. The Labute approximate surface area is 317 Å². The second-order valence-electron chi connectivity index (χ2n) is 14.2. The number of fused-ring (bicyclic) bond motifs is 7. The van der Waals surface area contributed by atoms with Crippen LogP contribution in [0.1, 0.15) is 11.1 Å². The molecule has 0 saturated carbocycles. The lowest BCUT2D eigenvalue weighted by Crippen LogP contribution is -2.02. The lowest BCUT2D eigenvalue weighted by Gasteiger charge is -2.22. The van der Waals surface area contributed by atoms with E-state index in [1.54, 1.807) is 6.26 Å². The smallest absolute Gasteiger partial charge is 0.134 e. The third-order valence-corrected chi connectivity index (χ3v) is 12.4. The summed E-state index contributed by atoms with van der Waals surface area (Å²) in [5, 5.41) is 10.2. The highest BCUT2D eigenvalue weighted by Crippen LogP contribution is 2.47. The van der Waals surface area contributed by atoms with Crippen LogP contribution in [0.25, 0.3) is 97.2 Å². The van der Waals surface area contributed by atoms with Crippen LogP contribution < -0.4 is 0 Å². The van der Waals surface area contributed by atoms with Crippen LogP contribution in [0.5, 0.6) is 0 Å². The van der Waals surface area contributed by atoms with Gasteiger partial charge in [-0.25, -0.2) is 0 Å². The van der Waals surface area contributed by atoms with Crippen molar-refractivity contribution in [1.82, 2.24) is 0 Å². The SMILES string of the molecule is C1=C\Cc2c(c(-c3ccco3)c3ccccc3c2-c2ccc3sc4cc(-c5c6ccccc6c(-c6ccccc6)c6ccccc56)ccc4c3c2)C\C=C/1. The Morgan fingerprint density at radius 1 is 0.370 bits per heavy atom. The number of benzene rings is 8. The molecule has 54 heavy (non-hydrogen) atoms. The van der Waals surface area contributed by atoms with Crippen molar-refractivity contribution in [2.45, 2.75) is 12.8 Å². The van der Waals surface area contributed by atoms with Crippen LogP contribution >= 0.6 is 11.3 Å². The predicted molar refractivity (Wildman–Crippen MR) is 232 cm³/mol. The highest BCUT2D eigenvalue weighted by atomic mass is 32.1. The highest BCUT2D eigenvalue weighted by Gasteiger charge is 2.23. The maximum atomic E-state index is 6.08. The van der Waals surface area contributed by atoms with E-state index in [9.17, 15) is 0 Å². The zero-order chi connectivity index (χ0) is 35.6. The van der Waals surface area contributed by atoms with Gasteiger partial charge in [0.1, 0.15) is 5.76 Å². The number of hydrogen-bond donors (Lipinski definition) is 0. The van der Waals surface area contributed by atoms with Crippen molar-refractivity contribution < 1.29 is 4.42 Å². The number of rotatable bonds is 4. The molecule has 0 saturated heterocycles. The molecule has 1 aliphatic carbocycles. The van der Waals surface area contributed by atoms with Gasteiger partial charge in [-0.2, -0.15) is 0 Å². The maximum absolute atomic E-state index is 6.08. The molecule has 2 heterocycles. The summed E-state index contributed by atoms with van der Waals surface area (Å²) in [6, 6.07) is 55.9. The molecule has 0 aliphatic heterocycles. The lowest BCUT2D eigenvalue weighted by atomic mass is 9.82. The van der Waals surface area contributed by atoms with Gasteiger partial charge in [0.05, 0.1) is 6.26 Å². The first kappa shape index (κ1) is 31.1. The number of hydrogen-bond acceptors (Lipinski definition) is 2. The normalized spacial score (nSPS) is 14.1. The van der Waals surface area contributed by atoms with Gasteiger partial charge in [0.25, 0.3) is 0 Å². The Morgan fingerprint density at radius 2 is 0.907 bits per heavy atom. The molecular formula is C52H34OS. The molecule has 0 fully saturated rings. The first-order chi connectivity index (χ1) is 26.8. The number of allylic oxidation sites excluding steroid dienone is 4. The third-order valence-electron chi connectivity index (χ3n) is 11.3. The molecule has 1 nitrogen and oxygen atoms in total. The van der Waals surface area contributed by atoms with Gasteiger partial charge < -0.3 is 4.42 Å². The van der Waals surface area contributed by atoms with Crippen LogP contribution in [-0.2, 0) is 12.8 Å². The fourth-order valence-electron chi connectivity index (χ4n) is 9.00. The molecule has 2 heteroatoms. The molecule has 1 aliphatic rings. The molecule has 0 bridgehead atoms. The predicted octanol–water partition coefficient (Wildman–Crippen LogP) is 15.0. The molecule has 0 radical (unpaired) electrons. The molecule has 0 N–H and O–H groups in total. The quantitative estimate of drug-likeness (QED) is 0.166. The summed E-state index contributed by atoms with van der Waals surface area (Å²) < 4.78 is 8.70. The second-order valence-corrected chi connectivity index (χ2v) is 15.3. The zero-order valence-corrected chi connectivity index (χ0v) is 30.4. The molecule has 8 aromatic carbocycles. The van der Waals surface area contributed by atoms with Gasteiger partial charge in [-0.3, -0.25) is 0 Å². The van der Waals surface area contributed by atoms with Gasteiger partial charge in [0.2, 0.25) is 0 Å². The standard InChI is InChI=1S/C52H34OS/c1-2-7-18-43-41(17-6-1)50(42-23-12-13-24-44(42)52(43)46-25-14-30-53-46)34-27-29-47-45(31-34)36-28-26-35(32-48(36)54-47)51-39-21-10-8-19-37(39)49(33-15-4-3-5-16-33)38-20-9-11-22-40(38)51/h1-16,19-32H,17-18H2/b6-1-,7-2-. The van der Waals surface area contributed by atoms with Gasteiger partial charge in [-0.15, -0.1) is 11.3 Å². The minimum Gasteiger partial charge on any atom is -0.464 e. The summed E-state index contributed by atoms with van der Waals surface area (Å²) >= 11 is 1.89. The van der Waals surface area contributed by atoms with Crippen LogP contribution in [0, 0.1) is 0 Å². The van der Waals surface area contributed by atoms with E-state index in [0.717, 1.165) is 18.6 Å². The first-order valence-corrected chi connectivity index (χ1v) is 19.5. The van der Waals surface area contributed by atoms with Crippen LogP contribution in [0.15, 0.2) is 187 Å². The van der Waals surface area contributed by atoms with Gasteiger partial charge in [-0.1, -0.05) is 146 Å². The fraction of sp³-hybridized carbons (Fsp3) is 0.0385. The van der Waals surface area contributed by atoms with Gasteiger partial charge in [-0.05, 0) is 120 Å². The van der Waals surface area contributed by atoms with E-state index in [-0.39, 0.29) is 0 Å². The number of furan rings is 1. The fourth-order valence-corrected chi connectivity index (χ4v) is 10.1. The van der Waals surface area contributed by atoms with Crippen LogP contribution in [-0.4, -0.2) is 0 Å². The molecule has 0 unspecified atom stereocenters. The summed E-state index contributed by atoms with van der Waals surface area (Å²) in [7, 11) is 0. The topological polar surface area (TPSA) is 13.1 Å². The monoisotopic (exact) mass is 706 g/mol. The minimum atomic E-state index is 0.857. The van der Waals surface area contributed by atoms with Crippen LogP contribution in [0.4, 0.5) is 0 Å². The summed E-state index contributed by atoms with van der Waals surface area (Å²) in [5.74, 6) is 0.928. The summed E-state index contributed by atoms with van der Waals surface area (Å²) in [6.45, 7) is 0. The van der Waals surface area contributed by atoms with Gasteiger partial charge >= 0.3 is 0 Å². The zero-order valence-electron chi connectivity index (χ0n) is 29.6. The Balaban J connectivity index is 1.12. The summed E-state index contributed by atoms with van der Waals surface area (Å²) in [6.07, 6.45) is 12.4. The second kappa shape index (κ2) is 12.6. The lowest BCUT2D eigenvalue weighted by molar-refractivity contribution is 0.582. The Hall–Kier alpha value is -6.48. The van der Waals surface area contributed by atoms with E-state index in [2.05, 4.69) is 170 Å². The van der Waals surface area contributed by atoms with Crippen molar-refractivity contribution in [2.24, 2.45) is 0 Å². The average Bonchev–Trinajstić information content (AvgIpc) is 3.88. The Bertz CT molecular complexity index is 3080. The van der Waals surface area contributed by atoms with Gasteiger partial charge in [0, 0.05) is 25.7 Å². The molecule has 11 rings (SSSR count). The van der Waals surface area contributed by atoms with E-state index < -0.39 is 0 Å². The van der Waals surface area contributed by atoms with Crippen molar-refractivity contribution in [3.05, 3.63) is 193 Å². The van der Waals surface area contributed by atoms with Crippen molar-refractivity contribution in [3.8, 4) is 44.7 Å². The minimum absolute atomic E-state index is 0.857. The summed E-state index contributed by atoms with van der Waals surface area (Å²) in [4.78, 5) is 0. The highest BCUT2D eigenvalue weighted by molar-refractivity contribution is 7.25. The molecule has 0 atom stereocenters. The molecule has 10 aromatic rings. The maximum Gasteiger partial charge on any atom is 0.134 e. The van der Waals surface area contributed by atoms with Crippen molar-refractivity contribution in [3.63, 3.8) is 0 Å². The largest absolute Gasteiger partial charge is 0.464 e. The van der Waals surface area contributed by atoms with E-state index >= 15 is 0 Å². The van der Waals surface area contributed by atoms with E-state index in [1.165, 1.54) is 103 Å². The van der Waals surface area contributed by atoms with Crippen LogP contribution in [0.2, 0.25) is 0 Å². The first-order valence-electron chi connectivity index (χ1n) is 18.7. The third kappa shape index (κ3) is 4.84.